The first kappa shape index (κ1) is 74.8. The third kappa shape index (κ3) is 62.0. The lowest BCUT2D eigenvalue weighted by molar-refractivity contribution is -0.870. The molecule has 0 spiro atoms. The Hall–Kier alpha value is -1.25. The van der Waals surface area contributed by atoms with E-state index in [-0.39, 0.29) is 25.6 Å². The Morgan fingerprint density at radius 3 is 1.01 bits per heavy atom. The van der Waals surface area contributed by atoms with E-state index in [1.54, 1.807) is 0 Å². The molecule has 0 aromatic rings. The van der Waals surface area contributed by atoms with Gasteiger partial charge in [0.15, 0.2) is 6.10 Å². The van der Waals surface area contributed by atoms with Gasteiger partial charge in [-0.3, -0.25) is 18.6 Å². The number of hydrogen-bond acceptors (Lipinski definition) is 7. The van der Waals surface area contributed by atoms with Crippen LogP contribution in [0.25, 0.3) is 0 Å². The number of phosphoric ester groups is 1. The standard InChI is InChI=1S/C66H130NO8P/c1-6-8-10-12-14-16-18-19-20-21-22-23-24-25-26-27-28-29-30-31-32-33-34-35-36-37-38-39-40-41-42-43-44-45-46-47-49-50-52-54-56-58-65(68)72-62-64(63-74-76(70,71)73-61-60-67(3,4)5)75-66(69)59-57-55-53-51-48-17-15-13-11-9-7-2/h13,15,64H,6-12,14,16-63H2,1-5H3/p+1/b15-13-. The van der Waals surface area contributed by atoms with Gasteiger partial charge >= 0.3 is 19.8 Å². The molecule has 1 N–H and O–H groups in total. The van der Waals surface area contributed by atoms with Crippen LogP contribution >= 0.6 is 7.82 Å². The minimum absolute atomic E-state index is 0.0334. The van der Waals surface area contributed by atoms with E-state index in [2.05, 4.69) is 26.0 Å². The average Bonchev–Trinajstić information content (AvgIpc) is 3.38. The van der Waals surface area contributed by atoms with Gasteiger partial charge in [0.05, 0.1) is 27.7 Å². The molecule has 76 heavy (non-hydrogen) atoms. The number of ether oxygens (including phenoxy) is 2. The van der Waals surface area contributed by atoms with Crippen LogP contribution in [-0.4, -0.2) is 74.9 Å². The summed E-state index contributed by atoms with van der Waals surface area (Å²) in [6, 6.07) is 0. The van der Waals surface area contributed by atoms with E-state index in [0.717, 1.165) is 57.8 Å². The Bertz CT molecular complexity index is 1290. The van der Waals surface area contributed by atoms with Gasteiger partial charge in [0, 0.05) is 12.8 Å². The minimum Gasteiger partial charge on any atom is -0.462 e. The van der Waals surface area contributed by atoms with Crippen molar-refractivity contribution in [1.29, 1.82) is 0 Å². The van der Waals surface area contributed by atoms with Crippen LogP contribution in [-0.2, 0) is 32.7 Å². The molecule has 0 aromatic heterocycles. The molecule has 0 saturated carbocycles. The maximum absolute atomic E-state index is 12.7. The number of allylic oxidation sites excluding steroid dienone is 2. The lowest BCUT2D eigenvalue weighted by Crippen LogP contribution is -2.37. The summed E-state index contributed by atoms with van der Waals surface area (Å²) in [6.07, 6.45) is 70.8. The van der Waals surface area contributed by atoms with E-state index in [9.17, 15) is 19.0 Å². The summed E-state index contributed by atoms with van der Waals surface area (Å²) in [5.74, 6) is -0.793. The summed E-state index contributed by atoms with van der Waals surface area (Å²) in [7, 11) is 1.49. The van der Waals surface area contributed by atoms with Crippen LogP contribution in [0.2, 0.25) is 0 Å². The van der Waals surface area contributed by atoms with Crippen molar-refractivity contribution in [3.05, 3.63) is 12.2 Å². The number of nitrogens with zero attached hydrogens (tertiary/aromatic N) is 1. The van der Waals surface area contributed by atoms with Crippen molar-refractivity contribution in [3.63, 3.8) is 0 Å². The van der Waals surface area contributed by atoms with Crippen LogP contribution in [0, 0.1) is 0 Å². The Labute approximate surface area is 473 Å². The maximum atomic E-state index is 12.7. The number of quaternary nitrogens is 1. The molecule has 0 heterocycles. The molecule has 0 aliphatic carbocycles. The third-order valence-electron chi connectivity index (χ3n) is 15.3. The molecule has 2 unspecified atom stereocenters. The number of phosphoric acid groups is 1. The van der Waals surface area contributed by atoms with Crippen molar-refractivity contribution in [1.82, 2.24) is 0 Å². The van der Waals surface area contributed by atoms with Gasteiger partial charge in [-0.2, -0.15) is 0 Å². The van der Waals surface area contributed by atoms with Gasteiger partial charge in [-0.05, 0) is 32.1 Å². The second kappa shape index (κ2) is 58.4. The molecule has 0 radical (unpaired) electrons. The SMILES string of the molecule is CCCC/C=C\CCCCCCCC(=O)OC(COC(=O)CCCCCCCCCCCCCCCCCCCCCCCCCCCCCCCCCCCCCCCCCCC)COP(=O)(O)OCC[N+](C)(C)C. The Balaban J connectivity index is 3.73. The lowest BCUT2D eigenvalue weighted by atomic mass is 10.0. The maximum Gasteiger partial charge on any atom is 0.472 e. The highest BCUT2D eigenvalue weighted by molar-refractivity contribution is 7.47. The Morgan fingerprint density at radius 2 is 0.684 bits per heavy atom. The third-order valence-corrected chi connectivity index (χ3v) is 16.3. The molecule has 0 fully saturated rings. The van der Waals surface area contributed by atoms with E-state index in [4.69, 9.17) is 18.5 Å². The predicted octanol–water partition coefficient (Wildman–Crippen LogP) is 21.2. The summed E-state index contributed by atoms with van der Waals surface area (Å²) in [5, 5.41) is 0. The summed E-state index contributed by atoms with van der Waals surface area (Å²) >= 11 is 0. The zero-order chi connectivity index (χ0) is 55.6. The molecular weight excluding hydrogens is 966 g/mol. The zero-order valence-corrected chi connectivity index (χ0v) is 52.4. The Kier molecular flexibility index (Phi) is 57.4. The zero-order valence-electron chi connectivity index (χ0n) is 51.5. The fourth-order valence-corrected chi connectivity index (χ4v) is 10.9. The van der Waals surface area contributed by atoms with Crippen LogP contribution in [0.4, 0.5) is 0 Å². The highest BCUT2D eigenvalue weighted by Crippen LogP contribution is 2.43. The monoisotopic (exact) mass is 1100 g/mol. The van der Waals surface area contributed by atoms with Crippen molar-refractivity contribution in [2.24, 2.45) is 0 Å². The van der Waals surface area contributed by atoms with Gasteiger partial charge in [0.1, 0.15) is 19.8 Å². The van der Waals surface area contributed by atoms with E-state index in [1.165, 1.54) is 257 Å². The van der Waals surface area contributed by atoms with Gasteiger partial charge in [-0.25, -0.2) is 4.57 Å². The van der Waals surface area contributed by atoms with Gasteiger partial charge in [0.2, 0.25) is 0 Å². The molecule has 9 nitrogen and oxygen atoms in total. The number of unbranched alkanes of at least 4 members (excludes halogenated alkanes) is 47. The first-order chi connectivity index (χ1) is 37.0. The molecule has 0 aromatic carbocycles. The quantitative estimate of drug-likeness (QED) is 0.0211. The van der Waals surface area contributed by atoms with Crippen molar-refractivity contribution < 1.29 is 42.1 Å². The van der Waals surface area contributed by atoms with Gasteiger partial charge in [-0.1, -0.05) is 315 Å². The smallest absolute Gasteiger partial charge is 0.462 e. The summed E-state index contributed by atoms with van der Waals surface area (Å²) in [5.41, 5.74) is 0. The van der Waals surface area contributed by atoms with Crippen molar-refractivity contribution in [2.75, 3.05) is 47.5 Å². The van der Waals surface area contributed by atoms with E-state index in [0.29, 0.717) is 23.9 Å². The molecule has 0 aliphatic rings. The Morgan fingerprint density at radius 1 is 0.395 bits per heavy atom. The molecule has 2 atom stereocenters. The van der Waals surface area contributed by atoms with Gasteiger partial charge in [-0.15, -0.1) is 0 Å². The van der Waals surface area contributed by atoms with E-state index >= 15 is 0 Å². The number of hydrogen-bond donors (Lipinski definition) is 1. The molecule has 10 heteroatoms. The number of rotatable bonds is 63. The van der Waals surface area contributed by atoms with Crippen LogP contribution in [0.1, 0.15) is 348 Å². The van der Waals surface area contributed by atoms with E-state index in [1.807, 2.05) is 21.1 Å². The van der Waals surface area contributed by atoms with Crippen LogP contribution in [0.3, 0.4) is 0 Å². The highest BCUT2D eigenvalue weighted by atomic mass is 31.2. The fraction of sp³-hybridized carbons (Fsp3) is 0.939. The molecule has 0 aliphatic heterocycles. The van der Waals surface area contributed by atoms with Crippen molar-refractivity contribution >= 4 is 19.8 Å². The molecule has 0 rings (SSSR count). The molecular formula is C66H131NO8P+. The van der Waals surface area contributed by atoms with Crippen LogP contribution < -0.4 is 0 Å². The largest absolute Gasteiger partial charge is 0.472 e. The average molecular weight is 1100 g/mol. The molecule has 0 saturated heterocycles. The molecule has 452 valence electrons. The second-order valence-corrected chi connectivity index (χ2v) is 25.7. The highest BCUT2D eigenvalue weighted by Gasteiger charge is 2.27. The van der Waals surface area contributed by atoms with Gasteiger partial charge in [0.25, 0.3) is 0 Å². The predicted molar refractivity (Wildman–Crippen MR) is 326 cm³/mol. The van der Waals surface area contributed by atoms with Crippen LogP contribution in [0.15, 0.2) is 12.2 Å². The molecule has 0 amide bonds. The van der Waals surface area contributed by atoms with Crippen molar-refractivity contribution in [2.45, 2.75) is 354 Å². The number of carbonyl (C=O) groups excluding carboxylic acids is 2. The number of carbonyl (C=O) groups is 2. The van der Waals surface area contributed by atoms with Crippen molar-refractivity contribution in [3.8, 4) is 0 Å². The summed E-state index contributed by atoms with van der Waals surface area (Å²) in [6.45, 7) is 4.43. The normalized spacial score (nSPS) is 13.2. The second-order valence-electron chi connectivity index (χ2n) is 24.2. The van der Waals surface area contributed by atoms with E-state index < -0.39 is 26.5 Å². The minimum atomic E-state index is -4.38. The van der Waals surface area contributed by atoms with Gasteiger partial charge < -0.3 is 18.9 Å². The summed E-state index contributed by atoms with van der Waals surface area (Å²) in [4.78, 5) is 35.6. The van der Waals surface area contributed by atoms with Crippen LogP contribution in [0.5, 0.6) is 0 Å². The molecule has 0 bridgehead atoms. The first-order valence-corrected chi connectivity index (χ1v) is 34.9. The number of esters is 2. The topological polar surface area (TPSA) is 108 Å². The number of likely N-dealkylation sites (N-methyl/N-ethyl adjacent to an activating group) is 1. The summed E-state index contributed by atoms with van der Waals surface area (Å²) < 4.78 is 34.5. The first-order valence-electron chi connectivity index (χ1n) is 33.4. The fourth-order valence-electron chi connectivity index (χ4n) is 10.1. The lowest BCUT2D eigenvalue weighted by Gasteiger charge is -2.24.